The largest absolute Gasteiger partial charge is 0.480 e. The average Bonchev–Trinajstić information content (AvgIpc) is 3.00. The predicted molar refractivity (Wildman–Crippen MR) is 188 cm³/mol. The first-order valence-electron chi connectivity index (χ1n) is 13.0. The molecule has 0 aromatic rings. The fourth-order valence-corrected chi connectivity index (χ4v) is 3.43. The van der Waals surface area contributed by atoms with Gasteiger partial charge in [0.15, 0.2) is 0 Å². The molecule has 22 heteroatoms. The highest BCUT2D eigenvalue weighted by atomic mass is 32.2. The quantitative estimate of drug-likeness (QED) is 0.0772. The number of hydrogen-bond donors (Lipinski definition) is 12. The molecule has 0 spiro atoms. The first kappa shape index (κ1) is 56.3. The molecule has 0 aliphatic rings. The molecule has 4 atom stereocenters. The predicted octanol–water partition coefficient (Wildman–Crippen LogP) is -1.34. The van der Waals surface area contributed by atoms with Gasteiger partial charge in [-0.1, -0.05) is 0 Å². The zero-order chi connectivity index (χ0) is 37.7. The third-order valence-corrected chi connectivity index (χ3v) is 6.73. The van der Waals surface area contributed by atoms with Crippen molar-refractivity contribution in [3.05, 3.63) is 0 Å². The van der Waals surface area contributed by atoms with Gasteiger partial charge in [0.25, 0.3) is 0 Å². The Hall–Kier alpha value is -2.02. The van der Waals surface area contributed by atoms with Gasteiger partial charge in [0.1, 0.15) is 24.2 Å². The van der Waals surface area contributed by atoms with Gasteiger partial charge < -0.3 is 65.0 Å². The molecule has 0 aliphatic carbocycles. The summed E-state index contributed by atoms with van der Waals surface area (Å²) in [6.45, 7) is -0.556. The lowest BCUT2D eigenvalue weighted by atomic mass is 10.2. The Morgan fingerprint density at radius 1 is 0.435 bits per heavy atom. The zero-order valence-electron chi connectivity index (χ0n) is 26.6. The number of carboxylic acid groups (broad SMARTS) is 6. The molecule has 0 rings (SSSR count). The molecule has 276 valence electrons. The van der Waals surface area contributed by atoms with Crippen molar-refractivity contribution >= 4 is 82.9 Å². The van der Waals surface area contributed by atoms with E-state index in [0.29, 0.717) is 25.7 Å². The van der Waals surface area contributed by atoms with Gasteiger partial charge in [-0.15, -0.1) is 0 Å². The van der Waals surface area contributed by atoms with E-state index in [2.05, 4.69) is 11.5 Å². The van der Waals surface area contributed by atoms with Crippen LogP contribution in [0, 0.1) is 0 Å². The molecular formula is C24H54N6O12S4. The molecule has 18 N–H and O–H groups in total. The van der Waals surface area contributed by atoms with Crippen LogP contribution in [0.4, 0.5) is 0 Å². The van der Waals surface area contributed by atoms with E-state index in [9.17, 15) is 28.8 Å². The lowest BCUT2D eigenvalue weighted by molar-refractivity contribution is -0.139. The minimum absolute atomic E-state index is 0.278. The average molecular weight is 747 g/mol. The number of thioether (sulfide) groups is 4. The molecule has 0 aromatic heterocycles. The van der Waals surface area contributed by atoms with E-state index in [1.807, 2.05) is 25.0 Å². The second-order valence-corrected chi connectivity index (χ2v) is 12.0. The van der Waals surface area contributed by atoms with Crippen LogP contribution in [0.5, 0.6) is 0 Å². The van der Waals surface area contributed by atoms with Crippen LogP contribution in [-0.2, 0) is 28.8 Å². The van der Waals surface area contributed by atoms with E-state index >= 15 is 0 Å². The summed E-state index contributed by atoms with van der Waals surface area (Å²) in [6, 6.07) is -2.73. The number of rotatable bonds is 18. The fraction of sp³-hybridized carbons (Fsp3) is 0.750. The van der Waals surface area contributed by atoms with Crippen molar-refractivity contribution < 1.29 is 59.4 Å². The fourth-order valence-electron chi connectivity index (χ4n) is 1.47. The van der Waals surface area contributed by atoms with Crippen molar-refractivity contribution in [3.8, 4) is 0 Å². The smallest absolute Gasteiger partial charge is 0.320 e. The highest BCUT2D eigenvalue weighted by Gasteiger charge is 2.11. The van der Waals surface area contributed by atoms with Crippen LogP contribution in [0.2, 0.25) is 0 Å². The summed E-state index contributed by atoms with van der Waals surface area (Å²) in [5.74, 6) is -2.33. The molecule has 0 saturated heterocycles. The Balaban J connectivity index is -0.000000106. The molecule has 46 heavy (non-hydrogen) atoms. The molecule has 0 heterocycles. The molecule has 4 unspecified atom stereocenters. The molecule has 0 amide bonds. The van der Waals surface area contributed by atoms with Gasteiger partial charge >= 0.3 is 35.8 Å². The maximum atomic E-state index is 10.1. The molecule has 0 aromatic carbocycles. The number of aliphatic carboxylic acids is 6. The van der Waals surface area contributed by atoms with Crippen LogP contribution in [0.3, 0.4) is 0 Å². The monoisotopic (exact) mass is 746 g/mol. The summed E-state index contributed by atoms with van der Waals surface area (Å²) in [7, 11) is 0. The van der Waals surface area contributed by atoms with Crippen molar-refractivity contribution in [1.82, 2.24) is 0 Å². The second kappa shape index (κ2) is 43.0. The molecule has 0 saturated carbocycles. The van der Waals surface area contributed by atoms with Gasteiger partial charge in [-0.2, -0.15) is 47.0 Å². The van der Waals surface area contributed by atoms with Crippen LogP contribution in [0.25, 0.3) is 0 Å². The highest BCUT2D eigenvalue weighted by molar-refractivity contribution is 7.99. The summed E-state index contributed by atoms with van der Waals surface area (Å²) in [5, 5.41) is 48.3. The summed E-state index contributed by atoms with van der Waals surface area (Å²) < 4.78 is 0. The van der Waals surface area contributed by atoms with Crippen LogP contribution in [0.15, 0.2) is 0 Å². The summed E-state index contributed by atoms with van der Waals surface area (Å²) >= 11 is 6.42. The standard InChI is InChI=1S/4C5H11NO2S.2C2H5NO2/c4*1-9-3-2-4(6)5(7)8;2*3-1-2(4)5/h4*4H,2-3,6H2,1H3,(H,7,8);2*1,3H2,(H,4,5). The summed E-state index contributed by atoms with van der Waals surface area (Å²) in [6.07, 6.45) is 9.91. The van der Waals surface area contributed by atoms with Gasteiger partial charge in [-0.25, -0.2) is 0 Å². The normalized spacial score (nSPS) is 11.9. The maximum absolute atomic E-state index is 10.1. The first-order chi connectivity index (χ1) is 21.3. The Bertz CT molecular complexity index is 682. The summed E-state index contributed by atoms with van der Waals surface area (Å²) in [5.41, 5.74) is 29.9. The van der Waals surface area contributed by atoms with Gasteiger partial charge in [-0.3, -0.25) is 28.8 Å². The first-order valence-corrected chi connectivity index (χ1v) is 18.6. The van der Waals surface area contributed by atoms with Crippen LogP contribution in [0.1, 0.15) is 25.7 Å². The third kappa shape index (κ3) is 61.1. The van der Waals surface area contributed by atoms with E-state index in [0.717, 1.165) is 23.0 Å². The second-order valence-electron chi connectivity index (χ2n) is 8.10. The highest BCUT2D eigenvalue weighted by Crippen LogP contribution is 1.99. The van der Waals surface area contributed by atoms with Crippen LogP contribution < -0.4 is 34.4 Å². The number of carbonyl (C=O) groups is 6. The molecule has 0 radical (unpaired) electrons. The van der Waals surface area contributed by atoms with Gasteiger partial charge in [0.2, 0.25) is 0 Å². The van der Waals surface area contributed by atoms with E-state index in [-0.39, 0.29) is 13.1 Å². The number of carboxylic acids is 6. The van der Waals surface area contributed by atoms with Gasteiger partial charge in [-0.05, 0) is 73.7 Å². The molecule has 0 aliphatic heterocycles. The minimum Gasteiger partial charge on any atom is -0.480 e. The van der Waals surface area contributed by atoms with Crippen molar-refractivity contribution in [2.75, 3.05) is 61.1 Å². The van der Waals surface area contributed by atoms with Crippen molar-refractivity contribution in [3.63, 3.8) is 0 Å². The lowest BCUT2D eigenvalue weighted by Crippen LogP contribution is -2.30. The van der Waals surface area contributed by atoms with Gasteiger partial charge in [0.05, 0.1) is 13.1 Å². The van der Waals surface area contributed by atoms with E-state index in [1.165, 1.54) is 0 Å². The maximum Gasteiger partial charge on any atom is 0.320 e. The Morgan fingerprint density at radius 2 is 0.565 bits per heavy atom. The van der Waals surface area contributed by atoms with Crippen LogP contribution >= 0.6 is 47.0 Å². The Kier molecular flexibility index (Phi) is 52.6. The van der Waals surface area contributed by atoms with Crippen molar-refractivity contribution in [1.29, 1.82) is 0 Å². The zero-order valence-corrected chi connectivity index (χ0v) is 29.9. The third-order valence-electron chi connectivity index (χ3n) is 4.15. The minimum atomic E-state index is -0.968. The lowest BCUT2D eigenvalue weighted by Gasteiger charge is -2.02. The van der Waals surface area contributed by atoms with E-state index in [1.54, 1.807) is 47.0 Å². The number of hydrogen-bond acceptors (Lipinski definition) is 16. The molecule has 0 bridgehead atoms. The van der Waals surface area contributed by atoms with E-state index < -0.39 is 60.0 Å². The van der Waals surface area contributed by atoms with Crippen molar-refractivity contribution in [2.45, 2.75) is 49.9 Å². The summed E-state index contributed by atoms with van der Waals surface area (Å²) in [4.78, 5) is 58.8. The SMILES string of the molecule is CSCCC(N)C(=O)O.CSCCC(N)C(=O)O.CSCCC(N)C(=O)O.CSCCC(N)C(=O)O.NCC(=O)O.NCC(=O)O. The Morgan fingerprint density at radius 3 is 0.630 bits per heavy atom. The van der Waals surface area contributed by atoms with Gasteiger partial charge in [0, 0.05) is 0 Å². The molecule has 0 fully saturated rings. The van der Waals surface area contributed by atoms with E-state index in [4.69, 9.17) is 53.6 Å². The van der Waals surface area contributed by atoms with Crippen molar-refractivity contribution in [2.24, 2.45) is 34.4 Å². The molecule has 18 nitrogen and oxygen atoms in total. The topological polar surface area (TPSA) is 380 Å². The van der Waals surface area contributed by atoms with Crippen LogP contribution in [-0.4, -0.2) is 152 Å². The molecular weight excluding hydrogens is 693 g/mol. The Labute approximate surface area is 286 Å². The number of nitrogens with two attached hydrogens (primary N) is 6.